The summed E-state index contributed by atoms with van der Waals surface area (Å²) >= 11 is 3.42. The van der Waals surface area contributed by atoms with Crippen molar-refractivity contribution in [2.45, 2.75) is 32.2 Å². The van der Waals surface area contributed by atoms with Gasteiger partial charge in [-0.1, -0.05) is 35.0 Å². The summed E-state index contributed by atoms with van der Waals surface area (Å²) in [5.41, 5.74) is 9.57. The van der Waals surface area contributed by atoms with E-state index in [0.717, 1.165) is 28.5 Å². The molecule has 4 N–H and O–H groups in total. The van der Waals surface area contributed by atoms with Crippen LogP contribution >= 0.6 is 15.9 Å². The summed E-state index contributed by atoms with van der Waals surface area (Å²) in [5, 5.41) is 11.9. The van der Waals surface area contributed by atoms with Crippen LogP contribution in [0.15, 0.2) is 40.0 Å². The molecule has 0 radical (unpaired) electrons. The Balaban J connectivity index is 1.55. The van der Waals surface area contributed by atoms with Gasteiger partial charge in [-0.2, -0.15) is 0 Å². The molecule has 1 aliphatic heterocycles. The molecule has 1 aromatic carbocycles. The monoisotopic (exact) mass is 447 g/mol. The Morgan fingerprint density at radius 3 is 2.46 bits per heavy atom. The number of nitrogens with two attached hydrogens (primary N) is 1. The zero-order valence-electron chi connectivity index (χ0n) is 16.7. The Bertz CT molecular complexity index is 753. The van der Waals surface area contributed by atoms with Crippen LogP contribution in [0.3, 0.4) is 0 Å². The first-order valence-corrected chi connectivity index (χ1v) is 10.7. The predicted molar refractivity (Wildman–Crippen MR) is 116 cm³/mol. The number of nitrogens with zero attached hydrogens (tertiary/aromatic N) is 2. The lowest BCUT2D eigenvalue weighted by atomic mass is 10.0. The van der Waals surface area contributed by atoms with Crippen LogP contribution in [0.5, 0.6) is 0 Å². The first kappa shape index (κ1) is 20.9. The Kier molecular flexibility index (Phi) is 6.78. The molecule has 0 spiro atoms. The molecule has 0 aromatic heterocycles. The summed E-state index contributed by atoms with van der Waals surface area (Å²) in [7, 11) is 1.93. The van der Waals surface area contributed by atoms with Gasteiger partial charge in [-0.25, -0.2) is 0 Å². The maximum atomic E-state index is 12.8. The molecule has 1 heterocycles. The third kappa shape index (κ3) is 4.58. The molecule has 3 rings (SSSR count). The van der Waals surface area contributed by atoms with E-state index in [2.05, 4.69) is 33.1 Å². The van der Waals surface area contributed by atoms with Gasteiger partial charge < -0.3 is 20.9 Å². The third-order valence-corrected chi connectivity index (χ3v) is 6.32. The van der Waals surface area contributed by atoms with E-state index in [1.165, 1.54) is 5.70 Å². The average molecular weight is 448 g/mol. The molecule has 7 heteroatoms. The lowest BCUT2D eigenvalue weighted by molar-refractivity contribution is -0.133. The van der Waals surface area contributed by atoms with E-state index in [0.29, 0.717) is 44.4 Å². The van der Waals surface area contributed by atoms with E-state index in [1.54, 1.807) is 0 Å². The second kappa shape index (κ2) is 9.09. The van der Waals surface area contributed by atoms with E-state index >= 15 is 0 Å². The highest BCUT2D eigenvalue weighted by Gasteiger charge is 2.31. The molecule has 1 saturated heterocycles. The summed E-state index contributed by atoms with van der Waals surface area (Å²) in [4.78, 5) is 16.7. The maximum Gasteiger partial charge on any atom is 0.239 e. The Morgan fingerprint density at radius 1 is 1.25 bits per heavy atom. The molecule has 0 bridgehead atoms. The number of nitrogens with one attached hydrogen (secondary N) is 2. The van der Waals surface area contributed by atoms with E-state index < -0.39 is 6.04 Å². The number of allylic oxidation sites excluding steroid dienone is 1. The average Bonchev–Trinajstić information content (AvgIpc) is 3.09. The van der Waals surface area contributed by atoms with Crippen molar-refractivity contribution in [2.75, 3.05) is 33.2 Å². The number of rotatable bonds is 5. The third-order valence-electron chi connectivity index (χ3n) is 5.80. The molecular formula is C21H30BrN5O. The van der Waals surface area contributed by atoms with Gasteiger partial charge in [0, 0.05) is 49.0 Å². The molecule has 1 aliphatic carbocycles. The Morgan fingerprint density at radius 2 is 1.86 bits per heavy atom. The van der Waals surface area contributed by atoms with Crippen molar-refractivity contribution in [2.24, 2.45) is 11.7 Å². The summed E-state index contributed by atoms with van der Waals surface area (Å²) in [5.74, 6) is 1.02. The van der Waals surface area contributed by atoms with Crippen LogP contribution in [-0.4, -0.2) is 60.8 Å². The first-order valence-electron chi connectivity index (χ1n) is 9.94. The maximum absolute atomic E-state index is 12.8. The largest absolute Gasteiger partial charge is 0.391 e. The summed E-state index contributed by atoms with van der Waals surface area (Å²) < 4.78 is 1.02. The highest BCUT2D eigenvalue weighted by molar-refractivity contribution is 9.10. The van der Waals surface area contributed by atoms with Crippen molar-refractivity contribution in [3.05, 3.63) is 45.6 Å². The number of piperazine rings is 1. The molecular weight excluding hydrogens is 418 g/mol. The van der Waals surface area contributed by atoms with Crippen LogP contribution in [0.2, 0.25) is 0 Å². The number of amidine groups is 1. The van der Waals surface area contributed by atoms with Crippen LogP contribution in [0, 0.1) is 11.3 Å². The first-order chi connectivity index (χ1) is 13.4. The van der Waals surface area contributed by atoms with E-state index in [-0.39, 0.29) is 5.91 Å². The van der Waals surface area contributed by atoms with Crippen molar-refractivity contribution < 1.29 is 4.79 Å². The van der Waals surface area contributed by atoms with Gasteiger partial charge in [0.25, 0.3) is 0 Å². The van der Waals surface area contributed by atoms with Crippen molar-refractivity contribution in [3.8, 4) is 0 Å². The van der Waals surface area contributed by atoms with Gasteiger partial charge in [0.05, 0.1) is 6.04 Å². The van der Waals surface area contributed by atoms with Gasteiger partial charge >= 0.3 is 0 Å². The van der Waals surface area contributed by atoms with Gasteiger partial charge in [-0.05, 0) is 42.9 Å². The molecule has 152 valence electrons. The van der Waals surface area contributed by atoms with Crippen LogP contribution in [0.4, 0.5) is 0 Å². The van der Waals surface area contributed by atoms with E-state index in [4.69, 9.17) is 11.1 Å². The zero-order chi connectivity index (χ0) is 20.3. The van der Waals surface area contributed by atoms with Crippen molar-refractivity contribution in [1.82, 2.24) is 15.1 Å². The zero-order valence-corrected chi connectivity index (χ0v) is 18.3. The Labute approximate surface area is 175 Å². The van der Waals surface area contributed by atoms with Crippen LogP contribution in [-0.2, 0) is 11.2 Å². The summed E-state index contributed by atoms with van der Waals surface area (Å²) in [6, 6.07) is 7.39. The van der Waals surface area contributed by atoms with Gasteiger partial charge in [-0.15, -0.1) is 0 Å². The van der Waals surface area contributed by atoms with Gasteiger partial charge in [0.1, 0.15) is 5.84 Å². The number of hydrogen-bond acceptors (Lipinski definition) is 4. The van der Waals surface area contributed by atoms with Crippen molar-refractivity contribution in [3.63, 3.8) is 0 Å². The smallest absolute Gasteiger partial charge is 0.239 e. The minimum absolute atomic E-state index is 0.00142. The van der Waals surface area contributed by atoms with Gasteiger partial charge in [0.2, 0.25) is 5.91 Å². The predicted octanol–water partition coefficient (Wildman–Crippen LogP) is 2.34. The quantitative estimate of drug-likeness (QED) is 0.477. The summed E-state index contributed by atoms with van der Waals surface area (Å²) in [6.07, 6.45) is 2.65. The topological polar surface area (TPSA) is 85.5 Å². The number of hydrogen-bond donors (Lipinski definition) is 3. The molecule has 2 atom stereocenters. The lowest BCUT2D eigenvalue weighted by Crippen LogP contribution is -2.55. The number of amides is 1. The number of carbonyl (C=O) groups is 1. The van der Waals surface area contributed by atoms with Crippen LogP contribution in [0.1, 0.15) is 25.3 Å². The van der Waals surface area contributed by atoms with Gasteiger partial charge in [0.15, 0.2) is 0 Å². The molecule has 0 saturated carbocycles. The normalized spacial score (nSPS) is 21.1. The minimum Gasteiger partial charge on any atom is -0.391 e. The second-order valence-corrected chi connectivity index (χ2v) is 8.60. The fourth-order valence-electron chi connectivity index (χ4n) is 4.09. The van der Waals surface area contributed by atoms with Gasteiger partial charge in [-0.3, -0.25) is 10.2 Å². The SMILES string of the molecule is CNC1=C(C(=N)N2CCN(C(=O)[C@H](N)Cc3ccc(Br)cc3)CC2)[C@H](C)CC1. The fraction of sp³-hybridized carbons (Fsp3) is 0.524. The number of halogens is 1. The fourth-order valence-corrected chi connectivity index (χ4v) is 4.35. The lowest BCUT2D eigenvalue weighted by Gasteiger charge is -2.38. The second-order valence-electron chi connectivity index (χ2n) is 7.68. The van der Waals surface area contributed by atoms with Crippen molar-refractivity contribution >= 4 is 27.7 Å². The van der Waals surface area contributed by atoms with E-state index in [1.807, 2.05) is 36.2 Å². The number of carbonyl (C=O) groups excluding carboxylic acids is 1. The van der Waals surface area contributed by atoms with Crippen molar-refractivity contribution in [1.29, 1.82) is 5.41 Å². The highest BCUT2D eigenvalue weighted by atomic mass is 79.9. The Hall–Kier alpha value is -1.86. The molecule has 0 unspecified atom stereocenters. The molecule has 1 amide bonds. The molecule has 6 nitrogen and oxygen atoms in total. The van der Waals surface area contributed by atoms with Crippen LogP contribution < -0.4 is 11.1 Å². The molecule has 28 heavy (non-hydrogen) atoms. The molecule has 2 aliphatic rings. The highest BCUT2D eigenvalue weighted by Crippen LogP contribution is 2.31. The number of benzene rings is 1. The van der Waals surface area contributed by atoms with Crippen LogP contribution in [0.25, 0.3) is 0 Å². The minimum atomic E-state index is -0.527. The standard InChI is InChI=1S/C21H30BrN5O/c1-14-3-8-18(25-2)19(14)20(24)26-9-11-27(12-10-26)21(28)17(23)13-15-4-6-16(22)7-5-15/h4-7,14,17,24-25H,3,8-13,23H2,1-2H3/t14-,17-/m1/s1. The van der Waals surface area contributed by atoms with E-state index in [9.17, 15) is 4.79 Å². The summed E-state index contributed by atoms with van der Waals surface area (Å²) in [6.45, 7) is 4.79. The molecule has 1 aromatic rings. The molecule has 1 fully saturated rings.